The van der Waals surface area contributed by atoms with Crippen molar-refractivity contribution in [1.82, 2.24) is 0 Å². The van der Waals surface area contributed by atoms with E-state index in [0.717, 1.165) is 19.4 Å². The monoisotopic (exact) mass is 175 g/mol. The van der Waals surface area contributed by atoms with E-state index in [1.807, 2.05) is 6.08 Å². The molecule has 2 N–H and O–H groups in total. The summed E-state index contributed by atoms with van der Waals surface area (Å²) in [5.41, 5.74) is 8.00. The van der Waals surface area contributed by atoms with Gasteiger partial charge in [-0.25, -0.2) is 0 Å². The topological polar surface area (TPSA) is 26.0 Å². The molecule has 0 aromatic heterocycles. The molecule has 1 nitrogen and oxygen atoms in total. The van der Waals surface area contributed by atoms with Crippen LogP contribution in [-0.4, -0.2) is 6.54 Å². The van der Waals surface area contributed by atoms with Crippen LogP contribution in [0.5, 0.6) is 0 Å². The molecule has 0 aliphatic rings. The lowest BCUT2D eigenvalue weighted by atomic mass is 10.1. The van der Waals surface area contributed by atoms with Gasteiger partial charge in [-0.1, -0.05) is 36.9 Å². The summed E-state index contributed by atoms with van der Waals surface area (Å²) in [5.74, 6) is 0. The third kappa shape index (κ3) is 3.43. The summed E-state index contributed by atoms with van der Waals surface area (Å²) in [4.78, 5) is 0. The molecule has 1 aromatic carbocycles. The fraction of sp³-hybridized carbons (Fsp3) is 0.333. The second-order valence-electron chi connectivity index (χ2n) is 3.19. The van der Waals surface area contributed by atoms with Gasteiger partial charge >= 0.3 is 0 Å². The lowest BCUT2D eigenvalue weighted by Crippen LogP contribution is -1.98. The fourth-order valence-corrected chi connectivity index (χ4v) is 1.29. The number of rotatable bonds is 5. The molecule has 1 aromatic rings. The van der Waals surface area contributed by atoms with Gasteiger partial charge in [-0.2, -0.15) is 0 Å². The highest BCUT2D eigenvalue weighted by Crippen LogP contribution is 2.08. The normalized spacial score (nSPS) is 9.92. The van der Waals surface area contributed by atoms with Crippen molar-refractivity contribution in [1.29, 1.82) is 0 Å². The SMILES string of the molecule is C=Cc1ccc(CCCCN)cc1. The third-order valence-electron chi connectivity index (χ3n) is 2.13. The van der Waals surface area contributed by atoms with Crippen molar-refractivity contribution in [2.24, 2.45) is 5.73 Å². The Morgan fingerprint density at radius 3 is 2.38 bits per heavy atom. The van der Waals surface area contributed by atoms with Crippen molar-refractivity contribution in [2.75, 3.05) is 6.54 Å². The minimum Gasteiger partial charge on any atom is -0.330 e. The Bertz CT molecular complexity index is 248. The average molecular weight is 175 g/mol. The minimum absolute atomic E-state index is 0.796. The molecule has 0 fully saturated rings. The van der Waals surface area contributed by atoms with Gasteiger partial charge in [0.1, 0.15) is 0 Å². The third-order valence-corrected chi connectivity index (χ3v) is 2.13. The van der Waals surface area contributed by atoms with Crippen LogP contribution in [0, 0.1) is 0 Å². The van der Waals surface area contributed by atoms with Crippen LogP contribution in [0.25, 0.3) is 6.08 Å². The molecule has 0 atom stereocenters. The van der Waals surface area contributed by atoms with E-state index in [4.69, 9.17) is 5.73 Å². The van der Waals surface area contributed by atoms with Crippen LogP contribution in [0.1, 0.15) is 24.0 Å². The van der Waals surface area contributed by atoms with Gasteiger partial charge in [0.2, 0.25) is 0 Å². The zero-order valence-corrected chi connectivity index (χ0v) is 8.00. The van der Waals surface area contributed by atoms with Crippen LogP contribution >= 0.6 is 0 Å². The van der Waals surface area contributed by atoms with Gasteiger partial charge in [-0.3, -0.25) is 0 Å². The summed E-state index contributed by atoms with van der Waals surface area (Å²) in [6.45, 7) is 4.52. The van der Waals surface area contributed by atoms with Crippen LogP contribution < -0.4 is 5.73 Å². The second-order valence-corrected chi connectivity index (χ2v) is 3.19. The highest BCUT2D eigenvalue weighted by Gasteiger charge is 1.92. The summed E-state index contributed by atoms with van der Waals surface area (Å²) in [6.07, 6.45) is 5.30. The van der Waals surface area contributed by atoms with Crippen molar-refractivity contribution in [3.63, 3.8) is 0 Å². The Kier molecular flexibility index (Phi) is 4.27. The number of unbranched alkanes of at least 4 members (excludes halogenated alkanes) is 1. The van der Waals surface area contributed by atoms with Crippen molar-refractivity contribution in [2.45, 2.75) is 19.3 Å². The van der Waals surface area contributed by atoms with Crippen molar-refractivity contribution in [3.05, 3.63) is 42.0 Å². The van der Waals surface area contributed by atoms with Gasteiger partial charge in [-0.05, 0) is 36.9 Å². The first-order chi connectivity index (χ1) is 6.36. The highest BCUT2D eigenvalue weighted by molar-refractivity contribution is 5.47. The number of aryl methyl sites for hydroxylation is 1. The van der Waals surface area contributed by atoms with E-state index in [9.17, 15) is 0 Å². The van der Waals surface area contributed by atoms with Crippen LogP contribution in [0.4, 0.5) is 0 Å². The first-order valence-electron chi connectivity index (χ1n) is 4.78. The molecule has 0 amide bonds. The summed E-state index contributed by atoms with van der Waals surface area (Å²) < 4.78 is 0. The highest BCUT2D eigenvalue weighted by atomic mass is 14.5. The van der Waals surface area contributed by atoms with Gasteiger partial charge in [0.15, 0.2) is 0 Å². The zero-order valence-electron chi connectivity index (χ0n) is 8.00. The number of hydrogen-bond donors (Lipinski definition) is 1. The quantitative estimate of drug-likeness (QED) is 0.684. The van der Waals surface area contributed by atoms with E-state index < -0.39 is 0 Å². The van der Waals surface area contributed by atoms with Crippen LogP contribution in [0.15, 0.2) is 30.8 Å². The number of hydrogen-bond acceptors (Lipinski definition) is 1. The first-order valence-corrected chi connectivity index (χ1v) is 4.78. The van der Waals surface area contributed by atoms with Gasteiger partial charge in [0.25, 0.3) is 0 Å². The summed E-state index contributed by atoms with van der Waals surface area (Å²) in [7, 11) is 0. The minimum atomic E-state index is 0.796. The van der Waals surface area contributed by atoms with E-state index in [1.165, 1.54) is 17.5 Å². The molecule has 1 heteroatoms. The van der Waals surface area contributed by atoms with Crippen LogP contribution in [0.2, 0.25) is 0 Å². The smallest absolute Gasteiger partial charge is 0.00772 e. The van der Waals surface area contributed by atoms with Gasteiger partial charge in [0, 0.05) is 0 Å². The Morgan fingerprint density at radius 2 is 1.85 bits per heavy atom. The van der Waals surface area contributed by atoms with Gasteiger partial charge < -0.3 is 5.73 Å². The molecular weight excluding hydrogens is 158 g/mol. The Balaban J connectivity index is 2.44. The Morgan fingerprint density at radius 1 is 1.15 bits per heavy atom. The van der Waals surface area contributed by atoms with E-state index in [2.05, 4.69) is 30.8 Å². The summed E-state index contributed by atoms with van der Waals surface area (Å²) in [6, 6.07) is 8.52. The molecule has 0 saturated carbocycles. The van der Waals surface area contributed by atoms with Gasteiger partial charge in [0.05, 0.1) is 0 Å². The Labute approximate surface area is 80.3 Å². The lowest BCUT2D eigenvalue weighted by molar-refractivity contribution is 0.745. The molecule has 0 aliphatic heterocycles. The zero-order chi connectivity index (χ0) is 9.52. The first kappa shape index (κ1) is 10.0. The predicted molar refractivity (Wildman–Crippen MR) is 58.5 cm³/mol. The summed E-state index contributed by atoms with van der Waals surface area (Å²) >= 11 is 0. The maximum Gasteiger partial charge on any atom is -0.00772 e. The lowest BCUT2D eigenvalue weighted by Gasteiger charge is -2.00. The largest absolute Gasteiger partial charge is 0.330 e. The van der Waals surface area contributed by atoms with Crippen LogP contribution in [-0.2, 0) is 6.42 Å². The summed E-state index contributed by atoms with van der Waals surface area (Å²) in [5, 5.41) is 0. The second kappa shape index (κ2) is 5.55. The molecule has 0 aliphatic carbocycles. The molecule has 0 radical (unpaired) electrons. The number of nitrogens with two attached hydrogens (primary N) is 1. The molecule has 0 saturated heterocycles. The molecule has 70 valence electrons. The predicted octanol–water partition coefficient (Wildman–Crippen LogP) is 2.61. The average Bonchev–Trinajstić information content (AvgIpc) is 2.19. The van der Waals surface area contributed by atoms with E-state index in [0.29, 0.717) is 0 Å². The molecular formula is C12H17N. The van der Waals surface area contributed by atoms with E-state index >= 15 is 0 Å². The molecule has 0 heterocycles. The van der Waals surface area contributed by atoms with E-state index in [1.54, 1.807) is 0 Å². The Hall–Kier alpha value is -1.08. The molecule has 0 bridgehead atoms. The van der Waals surface area contributed by atoms with Crippen molar-refractivity contribution < 1.29 is 0 Å². The van der Waals surface area contributed by atoms with Crippen molar-refractivity contribution in [3.8, 4) is 0 Å². The molecule has 13 heavy (non-hydrogen) atoms. The maximum atomic E-state index is 5.43. The van der Waals surface area contributed by atoms with Crippen LogP contribution in [0.3, 0.4) is 0 Å². The van der Waals surface area contributed by atoms with Gasteiger partial charge in [-0.15, -0.1) is 0 Å². The fourth-order valence-electron chi connectivity index (χ4n) is 1.29. The maximum absolute atomic E-state index is 5.43. The standard InChI is InChI=1S/C12H17N/c1-2-11-6-8-12(9-7-11)5-3-4-10-13/h2,6-9H,1,3-5,10,13H2. The van der Waals surface area contributed by atoms with E-state index in [-0.39, 0.29) is 0 Å². The van der Waals surface area contributed by atoms with Crippen molar-refractivity contribution >= 4 is 6.08 Å². The molecule has 0 spiro atoms. The number of benzene rings is 1. The molecule has 0 unspecified atom stereocenters. The molecule has 1 rings (SSSR count).